The van der Waals surface area contributed by atoms with Crippen molar-refractivity contribution in [3.63, 3.8) is 0 Å². The van der Waals surface area contributed by atoms with Gasteiger partial charge in [0, 0.05) is 47.5 Å². The lowest BCUT2D eigenvalue weighted by Crippen LogP contribution is -2.11. The fraction of sp³-hybridized carbons (Fsp3) is 0.370. The third-order valence-electron chi connectivity index (χ3n) is 6.57. The van der Waals surface area contributed by atoms with Gasteiger partial charge in [0.2, 0.25) is 0 Å². The van der Waals surface area contributed by atoms with E-state index in [9.17, 15) is 13.2 Å². The molecule has 2 aromatic rings. The molecular weight excluding hydrogens is 441 g/mol. The molecule has 1 aliphatic heterocycles. The van der Waals surface area contributed by atoms with Gasteiger partial charge >= 0.3 is 6.18 Å². The SMILES string of the molecule is COC(c1ccc(C(F)(F)F)nc1)c1c[nH]c2c1C=C(C1=C(C)OCC(C)=C1C)C=C(C)CC2. The zero-order valence-corrected chi connectivity index (χ0v) is 20.1. The second-order valence-corrected chi connectivity index (χ2v) is 8.94. The Hall–Kier alpha value is -3.06. The van der Waals surface area contributed by atoms with Crippen LogP contribution in [0.4, 0.5) is 13.2 Å². The van der Waals surface area contributed by atoms with Crippen LogP contribution in [0.3, 0.4) is 0 Å². The van der Waals surface area contributed by atoms with Crippen molar-refractivity contribution in [2.24, 2.45) is 0 Å². The van der Waals surface area contributed by atoms with E-state index in [0.717, 1.165) is 52.6 Å². The van der Waals surface area contributed by atoms with Crippen molar-refractivity contribution in [3.8, 4) is 0 Å². The molecule has 180 valence electrons. The second kappa shape index (κ2) is 9.29. The summed E-state index contributed by atoms with van der Waals surface area (Å²) in [6, 6.07) is 2.43. The zero-order chi connectivity index (χ0) is 24.6. The number of pyridine rings is 1. The van der Waals surface area contributed by atoms with Crippen LogP contribution in [0.15, 0.2) is 64.2 Å². The number of aromatic amines is 1. The fourth-order valence-electron chi connectivity index (χ4n) is 4.55. The van der Waals surface area contributed by atoms with Crippen molar-refractivity contribution >= 4 is 6.08 Å². The highest BCUT2D eigenvalue weighted by Gasteiger charge is 2.33. The highest BCUT2D eigenvalue weighted by Crippen LogP contribution is 2.38. The monoisotopic (exact) mass is 470 g/mol. The lowest BCUT2D eigenvalue weighted by molar-refractivity contribution is -0.141. The van der Waals surface area contributed by atoms with Crippen LogP contribution in [-0.2, 0) is 22.1 Å². The number of aryl methyl sites for hydroxylation is 1. The van der Waals surface area contributed by atoms with Gasteiger partial charge in [-0.2, -0.15) is 13.2 Å². The van der Waals surface area contributed by atoms with Gasteiger partial charge in [0.05, 0.1) is 0 Å². The molecule has 0 spiro atoms. The normalized spacial score (nSPS) is 18.0. The third-order valence-corrected chi connectivity index (χ3v) is 6.57. The molecule has 1 unspecified atom stereocenters. The molecule has 34 heavy (non-hydrogen) atoms. The highest BCUT2D eigenvalue weighted by atomic mass is 19.4. The molecular formula is C27H29F3N2O2. The van der Waals surface area contributed by atoms with E-state index in [-0.39, 0.29) is 0 Å². The first-order valence-corrected chi connectivity index (χ1v) is 11.3. The average Bonchev–Trinajstić information content (AvgIpc) is 3.15. The summed E-state index contributed by atoms with van der Waals surface area (Å²) >= 11 is 0. The average molecular weight is 471 g/mol. The smallest absolute Gasteiger partial charge is 0.433 e. The van der Waals surface area contributed by atoms with E-state index in [1.54, 1.807) is 7.11 Å². The lowest BCUT2D eigenvalue weighted by atomic mass is 9.87. The molecule has 4 nitrogen and oxygen atoms in total. The van der Waals surface area contributed by atoms with E-state index < -0.39 is 18.0 Å². The standard InChI is InChI=1S/C27H29F3N2O2/c1-15-6-8-23-21(11-20(10-15)25-17(3)16(2)14-34-18(25)4)22(13-31-23)26(33-5)19-7-9-24(32-12-19)27(28,29)30/h7,9-13,26,31H,6,8,14H2,1-5H3. The molecule has 0 bridgehead atoms. The largest absolute Gasteiger partial charge is 0.493 e. The quantitative estimate of drug-likeness (QED) is 0.519. The van der Waals surface area contributed by atoms with Gasteiger partial charge in [-0.15, -0.1) is 0 Å². The molecule has 2 aromatic heterocycles. The summed E-state index contributed by atoms with van der Waals surface area (Å²) in [5, 5.41) is 0. The molecule has 0 radical (unpaired) electrons. The minimum atomic E-state index is -4.48. The van der Waals surface area contributed by atoms with Crippen molar-refractivity contribution in [1.82, 2.24) is 9.97 Å². The van der Waals surface area contributed by atoms with Crippen LogP contribution >= 0.6 is 0 Å². The molecule has 0 saturated heterocycles. The summed E-state index contributed by atoms with van der Waals surface area (Å²) in [4.78, 5) is 7.01. The summed E-state index contributed by atoms with van der Waals surface area (Å²) in [6.45, 7) is 8.89. The Morgan fingerprint density at radius 1 is 1.09 bits per heavy atom. The Labute approximate surface area is 197 Å². The second-order valence-electron chi connectivity index (χ2n) is 8.94. The number of alkyl halides is 3. The molecule has 0 saturated carbocycles. The van der Waals surface area contributed by atoms with E-state index in [1.807, 2.05) is 13.1 Å². The van der Waals surface area contributed by atoms with Crippen LogP contribution in [-0.4, -0.2) is 23.7 Å². The maximum absolute atomic E-state index is 13.0. The Bertz CT molecular complexity index is 1210. The molecule has 1 N–H and O–H groups in total. The maximum Gasteiger partial charge on any atom is 0.433 e. The molecule has 0 aromatic carbocycles. The number of nitrogens with zero attached hydrogens (tertiary/aromatic N) is 1. The van der Waals surface area contributed by atoms with Crippen LogP contribution in [0.2, 0.25) is 0 Å². The third kappa shape index (κ3) is 4.62. The molecule has 1 aliphatic carbocycles. The number of fused-ring (bicyclic) bond motifs is 1. The first-order valence-electron chi connectivity index (χ1n) is 11.3. The number of hydrogen-bond donors (Lipinski definition) is 1. The minimum Gasteiger partial charge on any atom is -0.493 e. The Morgan fingerprint density at radius 2 is 1.85 bits per heavy atom. The molecule has 4 rings (SSSR count). The van der Waals surface area contributed by atoms with E-state index >= 15 is 0 Å². The zero-order valence-electron chi connectivity index (χ0n) is 20.1. The van der Waals surface area contributed by atoms with Crippen molar-refractivity contribution in [2.45, 2.75) is 52.8 Å². The first kappa shape index (κ1) is 24.1. The minimum absolute atomic E-state index is 0.560. The molecule has 1 atom stereocenters. The number of ether oxygens (including phenoxy) is 2. The van der Waals surface area contributed by atoms with E-state index in [1.165, 1.54) is 29.0 Å². The fourth-order valence-corrected chi connectivity index (χ4v) is 4.55. The number of methoxy groups -OCH3 is 1. The van der Waals surface area contributed by atoms with Crippen molar-refractivity contribution in [3.05, 3.63) is 92.3 Å². The van der Waals surface area contributed by atoms with Crippen LogP contribution in [0, 0.1) is 0 Å². The van der Waals surface area contributed by atoms with Crippen molar-refractivity contribution in [1.29, 1.82) is 0 Å². The summed E-state index contributed by atoms with van der Waals surface area (Å²) in [7, 11) is 1.55. The number of aromatic nitrogens is 2. The van der Waals surface area contributed by atoms with Gasteiger partial charge < -0.3 is 14.5 Å². The number of rotatable bonds is 4. The predicted octanol–water partition coefficient (Wildman–Crippen LogP) is 7.08. The molecule has 0 amide bonds. The number of halogens is 3. The van der Waals surface area contributed by atoms with Gasteiger partial charge in [-0.3, -0.25) is 4.98 Å². The predicted molar refractivity (Wildman–Crippen MR) is 126 cm³/mol. The van der Waals surface area contributed by atoms with Crippen molar-refractivity contribution in [2.75, 3.05) is 13.7 Å². The molecule has 2 aliphatic rings. The maximum atomic E-state index is 13.0. The molecule has 3 heterocycles. The Morgan fingerprint density at radius 3 is 2.50 bits per heavy atom. The van der Waals surface area contributed by atoms with Gasteiger partial charge in [-0.1, -0.05) is 17.7 Å². The van der Waals surface area contributed by atoms with Crippen LogP contribution in [0.25, 0.3) is 6.08 Å². The number of nitrogens with one attached hydrogen (secondary N) is 1. The van der Waals surface area contributed by atoms with Crippen LogP contribution in [0.5, 0.6) is 0 Å². The van der Waals surface area contributed by atoms with E-state index in [0.29, 0.717) is 12.2 Å². The molecule has 7 heteroatoms. The Balaban J connectivity index is 1.83. The van der Waals surface area contributed by atoms with Gasteiger partial charge in [-0.25, -0.2) is 0 Å². The highest BCUT2D eigenvalue weighted by molar-refractivity contribution is 5.72. The lowest BCUT2D eigenvalue weighted by Gasteiger charge is -2.24. The summed E-state index contributed by atoms with van der Waals surface area (Å²) in [5.41, 5.74) is 8.33. The summed E-state index contributed by atoms with van der Waals surface area (Å²) in [6.07, 6.45) is 4.13. The first-order chi connectivity index (χ1) is 16.1. The number of hydrogen-bond acceptors (Lipinski definition) is 3. The van der Waals surface area contributed by atoms with E-state index in [4.69, 9.17) is 9.47 Å². The van der Waals surface area contributed by atoms with Gasteiger partial charge in [0.1, 0.15) is 24.2 Å². The van der Waals surface area contributed by atoms with Crippen LogP contribution < -0.4 is 0 Å². The van der Waals surface area contributed by atoms with Crippen molar-refractivity contribution < 1.29 is 22.6 Å². The van der Waals surface area contributed by atoms with E-state index in [2.05, 4.69) is 42.9 Å². The Kier molecular flexibility index (Phi) is 6.58. The van der Waals surface area contributed by atoms with Gasteiger partial charge in [0.15, 0.2) is 0 Å². The summed E-state index contributed by atoms with van der Waals surface area (Å²) < 4.78 is 50.7. The van der Waals surface area contributed by atoms with Crippen LogP contribution in [0.1, 0.15) is 68.3 Å². The number of H-pyrrole nitrogens is 1. The molecule has 0 fully saturated rings. The van der Waals surface area contributed by atoms with Gasteiger partial charge in [-0.05, 0) is 69.4 Å². The summed E-state index contributed by atoms with van der Waals surface area (Å²) in [5.74, 6) is 0.882. The topological polar surface area (TPSA) is 47.1 Å². The van der Waals surface area contributed by atoms with Gasteiger partial charge in [0.25, 0.3) is 0 Å². The number of allylic oxidation sites excluding steroid dienone is 6.